The highest BCUT2D eigenvalue weighted by molar-refractivity contribution is 7.89. The van der Waals surface area contributed by atoms with Crippen LogP contribution >= 0.6 is 11.3 Å². The highest BCUT2D eigenvalue weighted by Crippen LogP contribution is 2.43. The molecule has 1 atom stereocenters. The summed E-state index contributed by atoms with van der Waals surface area (Å²) in [5, 5.41) is 0.539. The van der Waals surface area contributed by atoms with Gasteiger partial charge in [0.05, 0.1) is 16.0 Å². The lowest BCUT2D eigenvalue weighted by Gasteiger charge is -2.32. The van der Waals surface area contributed by atoms with E-state index in [1.54, 1.807) is 25.1 Å². The first-order valence-electron chi connectivity index (χ1n) is 10.6. The van der Waals surface area contributed by atoms with Crippen molar-refractivity contribution in [3.05, 3.63) is 47.3 Å². The number of nitrogens with two attached hydrogens (primary N) is 3. The molecule has 33 heavy (non-hydrogen) atoms. The van der Waals surface area contributed by atoms with Gasteiger partial charge >= 0.3 is 0 Å². The van der Waals surface area contributed by atoms with Gasteiger partial charge in [-0.05, 0) is 38.0 Å². The third-order valence-corrected chi connectivity index (χ3v) is 8.29. The lowest BCUT2D eigenvalue weighted by Crippen LogP contribution is -2.39. The molecule has 9 nitrogen and oxygen atoms in total. The summed E-state index contributed by atoms with van der Waals surface area (Å²) in [6.07, 6.45) is 0.820. The highest BCUT2D eigenvalue weighted by Gasteiger charge is 2.24. The van der Waals surface area contributed by atoms with Crippen molar-refractivity contribution in [3.63, 3.8) is 0 Å². The van der Waals surface area contributed by atoms with E-state index in [-0.39, 0.29) is 21.5 Å². The SMILES string of the molecule is CC(NS(=O)(=O)c1ccccc1)Oc1cc(N2CCC(N)CC2)cc2sc(C(N)=O)c(N)c12. The Morgan fingerprint density at radius 2 is 1.88 bits per heavy atom. The largest absolute Gasteiger partial charge is 0.474 e. The molecule has 176 valence electrons. The summed E-state index contributed by atoms with van der Waals surface area (Å²) >= 11 is 1.19. The zero-order chi connectivity index (χ0) is 23.8. The molecular formula is C22H27N5O4S2. The second kappa shape index (κ2) is 9.18. The number of rotatable bonds is 7. The maximum absolute atomic E-state index is 12.7. The van der Waals surface area contributed by atoms with Gasteiger partial charge in [-0.2, -0.15) is 4.72 Å². The summed E-state index contributed by atoms with van der Waals surface area (Å²) in [5.41, 5.74) is 18.9. The Balaban J connectivity index is 1.69. The Labute approximate surface area is 196 Å². The van der Waals surface area contributed by atoms with Crippen LogP contribution in [0, 0.1) is 0 Å². The maximum Gasteiger partial charge on any atom is 0.260 e. The van der Waals surface area contributed by atoms with Gasteiger partial charge in [0.1, 0.15) is 10.6 Å². The second-order valence-electron chi connectivity index (χ2n) is 8.05. The van der Waals surface area contributed by atoms with Gasteiger partial charge in [0.25, 0.3) is 5.91 Å². The van der Waals surface area contributed by atoms with Crippen molar-refractivity contribution in [2.45, 2.75) is 36.9 Å². The van der Waals surface area contributed by atoms with Crippen molar-refractivity contribution in [1.29, 1.82) is 0 Å². The fourth-order valence-corrected chi connectivity index (χ4v) is 6.08. The Morgan fingerprint density at radius 1 is 1.21 bits per heavy atom. The van der Waals surface area contributed by atoms with E-state index in [9.17, 15) is 13.2 Å². The highest BCUT2D eigenvalue weighted by atomic mass is 32.2. The number of fused-ring (bicyclic) bond motifs is 1. The van der Waals surface area contributed by atoms with Crippen molar-refractivity contribution in [3.8, 4) is 5.75 Å². The number of hydrogen-bond donors (Lipinski definition) is 4. The molecule has 1 aliphatic heterocycles. The van der Waals surface area contributed by atoms with Crippen molar-refractivity contribution in [2.24, 2.45) is 11.5 Å². The number of hydrogen-bond acceptors (Lipinski definition) is 8. The van der Waals surface area contributed by atoms with E-state index in [1.165, 1.54) is 23.5 Å². The first-order valence-corrected chi connectivity index (χ1v) is 12.9. The van der Waals surface area contributed by atoms with Gasteiger partial charge in [-0.3, -0.25) is 4.79 Å². The normalized spacial score (nSPS) is 16.1. The van der Waals surface area contributed by atoms with E-state index in [0.29, 0.717) is 11.1 Å². The van der Waals surface area contributed by atoms with Crippen LogP contribution in [0.5, 0.6) is 5.75 Å². The lowest BCUT2D eigenvalue weighted by molar-refractivity contribution is 0.100. The third-order valence-electron chi connectivity index (χ3n) is 5.58. The molecule has 0 radical (unpaired) electrons. The molecule has 4 rings (SSSR count). The second-order valence-corrected chi connectivity index (χ2v) is 10.8. The van der Waals surface area contributed by atoms with E-state index in [1.807, 2.05) is 12.1 Å². The van der Waals surface area contributed by atoms with E-state index < -0.39 is 22.2 Å². The molecule has 3 aromatic rings. The number of thiophene rings is 1. The van der Waals surface area contributed by atoms with Crippen molar-refractivity contribution < 1.29 is 17.9 Å². The molecule has 0 spiro atoms. The van der Waals surface area contributed by atoms with Crippen LogP contribution in [0.4, 0.5) is 11.4 Å². The van der Waals surface area contributed by atoms with Crippen LogP contribution in [0.3, 0.4) is 0 Å². The number of carbonyl (C=O) groups is 1. The fourth-order valence-electron chi connectivity index (χ4n) is 3.92. The van der Waals surface area contributed by atoms with Gasteiger partial charge in [-0.1, -0.05) is 18.2 Å². The third kappa shape index (κ3) is 4.91. The predicted molar refractivity (Wildman–Crippen MR) is 131 cm³/mol. The van der Waals surface area contributed by atoms with E-state index in [0.717, 1.165) is 36.3 Å². The lowest BCUT2D eigenvalue weighted by atomic mass is 10.0. The summed E-state index contributed by atoms with van der Waals surface area (Å²) in [7, 11) is -3.79. The van der Waals surface area contributed by atoms with Crippen LogP contribution in [0.25, 0.3) is 10.1 Å². The van der Waals surface area contributed by atoms with Gasteiger partial charge < -0.3 is 26.8 Å². The zero-order valence-electron chi connectivity index (χ0n) is 18.2. The van der Waals surface area contributed by atoms with Crippen molar-refractivity contribution in [2.75, 3.05) is 23.7 Å². The number of nitrogen functional groups attached to an aromatic ring is 1. The van der Waals surface area contributed by atoms with Crippen LogP contribution in [0.15, 0.2) is 47.4 Å². The summed E-state index contributed by atoms with van der Waals surface area (Å²) < 4.78 is 34.7. The quantitative estimate of drug-likeness (QED) is 0.371. The van der Waals surface area contributed by atoms with Gasteiger partial charge in [0.15, 0.2) is 6.23 Å². The van der Waals surface area contributed by atoms with Gasteiger partial charge in [-0.25, -0.2) is 8.42 Å². The molecule has 1 amide bonds. The molecular weight excluding hydrogens is 462 g/mol. The molecule has 1 fully saturated rings. The van der Waals surface area contributed by atoms with Crippen LogP contribution in [-0.2, 0) is 10.0 Å². The van der Waals surface area contributed by atoms with Crippen LogP contribution in [0.2, 0.25) is 0 Å². The summed E-state index contributed by atoms with van der Waals surface area (Å²) in [5.74, 6) is -0.246. The fraction of sp³-hybridized carbons (Fsp3) is 0.318. The first kappa shape index (κ1) is 23.3. The number of primary amides is 1. The monoisotopic (exact) mass is 489 g/mol. The number of sulfonamides is 1. The Bertz CT molecular complexity index is 1270. The van der Waals surface area contributed by atoms with E-state index in [2.05, 4.69) is 9.62 Å². The van der Waals surface area contributed by atoms with Crippen molar-refractivity contribution >= 4 is 48.7 Å². The number of carbonyl (C=O) groups excluding carboxylic acids is 1. The molecule has 0 saturated carbocycles. The van der Waals surface area contributed by atoms with Crippen LogP contribution in [0.1, 0.15) is 29.4 Å². The molecule has 11 heteroatoms. The average Bonchev–Trinajstić information content (AvgIpc) is 3.11. The number of piperidine rings is 1. The van der Waals surface area contributed by atoms with E-state index in [4.69, 9.17) is 21.9 Å². The van der Waals surface area contributed by atoms with Gasteiger partial charge in [0, 0.05) is 35.6 Å². The molecule has 0 aliphatic carbocycles. The molecule has 1 aliphatic rings. The first-order chi connectivity index (χ1) is 15.7. The number of nitrogens with zero attached hydrogens (tertiary/aromatic N) is 1. The number of benzene rings is 2. The minimum Gasteiger partial charge on any atom is -0.474 e. The summed E-state index contributed by atoms with van der Waals surface area (Å²) in [6, 6.07) is 12.0. The minimum atomic E-state index is -3.79. The molecule has 7 N–H and O–H groups in total. The molecule has 2 heterocycles. The molecule has 0 bridgehead atoms. The molecule has 1 saturated heterocycles. The van der Waals surface area contributed by atoms with Crippen LogP contribution in [-0.4, -0.2) is 39.7 Å². The number of anilines is 2. The number of amides is 1. The zero-order valence-corrected chi connectivity index (χ0v) is 19.8. The maximum atomic E-state index is 12.7. The van der Waals surface area contributed by atoms with Crippen LogP contribution < -0.4 is 31.6 Å². The summed E-state index contributed by atoms with van der Waals surface area (Å²) in [4.78, 5) is 14.5. The molecule has 1 aromatic heterocycles. The van der Waals surface area contributed by atoms with Gasteiger partial charge in [0.2, 0.25) is 10.0 Å². The smallest absolute Gasteiger partial charge is 0.260 e. The molecule has 2 aromatic carbocycles. The summed E-state index contributed by atoms with van der Waals surface area (Å²) in [6.45, 7) is 3.16. The standard InChI is InChI=1S/C22H27N5O4S2/c1-13(26-33(29,30)16-5-3-2-4-6-16)31-17-11-15(27-9-7-14(23)8-10-27)12-18-19(17)20(24)21(32-18)22(25)28/h2-6,11-14,26H,7-10,23-24H2,1H3,(H2,25,28). The predicted octanol–water partition coefficient (Wildman–Crippen LogP) is 2.21. The Kier molecular flexibility index (Phi) is 6.48. The Hall–Kier alpha value is -2.86. The van der Waals surface area contributed by atoms with E-state index >= 15 is 0 Å². The number of nitrogens with one attached hydrogen (secondary N) is 1. The minimum absolute atomic E-state index is 0.134. The number of ether oxygens (including phenoxy) is 1. The van der Waals surface area contributed by atoms with Crippen molar-refractivity contribution in [1.82, 2.24) is 4.72 Å². The average molecular weight is 490 g/mol. The topological polar surface area (TPSA) is 154 Å². The Morgan fingerprint density at radius 3 is 2.52 bits per heavy atom. The molecule has 1 unspecified atom stereocenters. The van der Waals surface area contributed by atoms with Gasteiger partial charge in [-0.15, -0.1) is 11.3 Å².